The first-order valence-corrected chi connectivity index (χ1v) is 9.47. The summed E-state index contributed by atoms with van der Waals surface area (Å²) in [6.07, 6.45) is -1.58. The number of aromatic nitrogens is 1. The summed E-state index contributed by atoms with van der Waals surface area (Å²) in [6.45, 7) is -1.36. The van der Waals surface area contributed by atoms with Crippen LogP contribution in [0.2, 0.25) is 0 Å². The summed E-state index contributed by atoms with van der Waals surface area (Å²) in [4.78, 5) is 37.1. The number of pyridine rings is 1. The molecule has 0 radical (unpaired) electrons. The molecule has 29 heavy (non-hydrogen) atoms. The molecular weight excluding hydrogens is 389 g/mol. The molecule has 0 unspecified atom stereocenters. The van der Waals surface area contributed by atoms with Gasteiger partial charge in [0.2, 0.25) is 5.91 Å². The number of hydrogen-bond donors (Lipinski definition) is 2. The van der Waals surface area contributed by atoms with Crippen molar-refractivity contribution in [3.63, 3.8) is 0 Å². The van der Waals surface area contributed by atoms with Crippen LogP contribution in [0.5, 0.6) is 0 Å². The normalized spacial score (nSPS) is 22.1. The molecule has 0 saturated heterocycles. The fourth-order valence-corrected chi connectivity index (χ4v) is 3.96. The van der Waals surface area contributed by atoms with E-state index in [-0.39, 0.29) is 23.8 Å². The van der Waals surface area contributed by atoms with E-state index in [4.69, 9.17) is 0 Å². The van der Waals surface area contributed by atoms with E-state index in [1.165, 1.54) is 16.7 Å². The van der Waals surface area contributed by atoms with Crippen molar-refractivity contribution in [2.45, 2.75) is 56.8 Å². The van der Waals surface area contributed by atoms with E-state index in [0.29, 0.717) is 31.4 Å². The molecular formula is C19H21F3N4O3. The van der Waals surface area contributed by atoms with Crippen molar-refractivity contribution in [3.8, 4) is 6.07 Å². The Hall–Kier alpha value is -2.83. The lowest BCUT2D eigenvalue weighted by atomic mass is 9.98. The summed E-state index contributed by atoms with van der Waals surface area (Å²) in [5.41, 5.74) is -0.393. The number of aryl methyl sites for hydroxylation is 1. The van der Waals surface area contributed by atoms with E-state index in [9.17, 15) is 32.8 Å². The summed E-state index contributed by atoms with van der Waals surface area (Å²) in [6, 6.07) is 3.02. The van der Waals surface area contributed by atoms with E-state index < -0.39 is 36.3 Å². The van der Waals surface area contributed by atoms with E-state index in [1.807, 2.05) is 6.07 Å². The van der Waals surface area contributed by atoms with Gasteiger partial charge in [-0.05, 0) is 44.2 Å². The quantitative estimate of drug-likeness (QED) is 0.747. The monoisotopic (exact) mass is 410 g/mol. The van der Waals surface area contributed by atoms with E-state index in [1.54, 1.807) is 0 Å². The van der Waals surface area contributed by atoms with Gasteiger partial charge in [0.15, 0.2) is 0 Å². The highest BCUT2D eigenvalue weighted by molar-refractivity contribution is 5.84. The largest absolute Gasteiger partial charge is 0.405 e. The van der Waals surface area contributed by atoms with E-state index >= 15 is 0 Å². The van der Waals surface area contributed by atoms with Crippen molar-refractivity contribution in [2.24, 2.45) is 5.92 Å². The molecule has 2 heterocycles. The molecule has 1 aliphatic heterocycles. The summed E-state index contributed by atoms with van der Waals surface area (Å²) in [7, 11) is 0. The van der Waals surface area contributed by atoms with Crippen molar-refractivity contribution in [2.75, 3.05) is 11.9 Å². The van der Waals surface area contributed by atoms with E-state index in [0.717, 1.165) is 6.42 Å². The number of Topliss-reactive ketones (excluding diaryl/α,β-unsaturated/α-hetero) is 1. The predicted octanol–water partition coefficient (Wildman–Crippen LogP) is 2.08. The molecule has 1 aromatic heterocycles. The number of nitrogens with zero attached hydrogens (tertiary/aromatic N) is 2. The molecule has 3 rings (SSSR count). The third kappa shape index (κ3) is 4.78. The average molecular weight is 410 g/mol. The van der Waals surface area contributed by atoms with E-state index in [2.05, 4.69) is 10.6 Å². The maximum Gasteiger partial charge on any atom is 0.405 e. The van der Waals surface area contributed by atoms with Crippen molar-refractivity contribution in [3.05, 3.63) is 28.2 Å². The molecule has 2 aliphatic rings. The second-order valence-corrected chi connectivity index (χ2v) is 7.42. The zero-order chi connectivity index (χ0) is 21.2. The number of amides is 1. The molecule has 156 valence electrons. The Balaban J connectivity index is 1.73. The topological polar surface area (TPSA) is 104 Å². The third-order valence-corrected chi connectivity index (χ3v) is 5.39. The standard InChI is InChI=1S/C19H21F3N4O3/c20-19(21,22)10-24-14-6-4-13-5-7-15(26(13)18(14)29)17(28)25-12(9-23)8-11-2-1-3-16(11)27/h4,6,11-12,15,24H,1-3,5,7-8,10H2,(H,25,28)/t11-,12-,15-/m0/s1. The molecule has 1 aromatic rings. The lowest BCUT2D eigenvalue weighted by Crippen LogP contribution is -2.42. The van der Waals surface area contributed by atoms with Crippen LogP contribution in [0, 0.1) is 17.2 Å². The number of carbonyl (C=O) groups excluding carboxylic acids is 2. The maximum atomic E-state index is 12.7. The highest BCUT2D eigenvalue weighted by Crippen LogP contribution is 2.27. The summed E-state index contributed by atoms with van der Waals surface area (Å²) in [5, 5.41) is 14.0. The average Bonchev–Trinajstić information content (AvgIpc) is 3.26. The zero-order valence-electron chi connectivity index (χ0n) is 15.6. The summed E-state index contributed by atoms with van der Waals surface area (Å²) < 4.78 is 38.5. The molecule has 1 fully saturated rings. The van der Waals surface area contributed by atoms with Gasteiger partial charge in [0.1, 0.15) is 30.1 Å². The van der Waals surface area contributed by atoms with Gasteiger partial charge in [0.05, 0.1) is 6.07 Å². The number of alkyl halides is 3. The molecule has 0 aromatic carbocycles. The van der Waals surface area contributed by atoms with Gasteiger partial charge >= 0.3 is 6.18 Å². The Labute approximate surface area is 164 Å². The first-order chi connectivity index (χ1) is 13.7. The van der Waals surface area contributed by atoms with Gasteiger partial charge in [-0.2, -0.15) is 18.4 Å². The Morgan fingerprint density at radius 3 is 2.66 bits per heavy atom. The number of carbonyl (C=O) groups is 2. The zero-order valence-corrected chi connectivity index (χ0v) is 15.6. The predicted molar refractivity (Wildman–Crippen MR) is 97.1 cm³/mol. The second-order valence-electron chi connectivity index (χ2n) is 7.42. The maximum absolute atomic E-state index is 12.7. The first-order valence-electron chi connectivity index (χ1n) is 9.47. The van der Waals surface area contributed by atoms with Gasteiger partial charge < -0.3 is 10.6 Å². The SMILES string of the molecule is N#C[C@H](C[C@@H]1CCCC1=O)NC(=O)[C@@H]1CCc2ccc(NCC(F)(F)F)c(=O)n21. The lowest BCUT2D eigenvalue weighted by Gasteiger charge is -2.20. The molecule has 0 bridgehead atoms. The molecule has 3 atom stereocenters. The Bertz CT molecular complexity index is 903. The first kappa shape index (κ1) is 20.9. The van der Waals surface area contributed by atoms with Gasteiger partial charge in [-0.15, -0.1) is 0 Å². The lowest BCUT2D eigenvalue weighted by molar-refractivity contribution is -0.125. The van der Waals surface area contributed by atoms with Crippen molar-refractivity contribution in [1.82, 2.24) is 9.88 Å². The minimum Gasteiger partial charge on any atom is -0.372 e. The molecule has 1 aliphatic carbocycles. The van der Waals surface area contributed by atoms with Crippen LogP contribution in [-0.4, -0.2) is 35.0 Å². The number of rotatable bonds is 6. The van der Waals surface area contributed by atoms with Crippen LogP contribution >= 0.6 is 0 Å². The Kier molecular flexibility index (Phi) is 5.96. The van der Waals surface area contributed by atoms with Crippen molar-refractivity contribution in [1.29, 1.82) is 5.26 Å². The third-order valence-electron chi connectivity index (χ3n) is 5.39. The van der Waals surface area contributed by atoms with Gasteiger partial charge in [0.25, 0.3) is 5.56 Å². The number of ketones is 1. The van der Waals surface area contributed by atoms with Gasteiger partial charge in [0, 0.05) is 18.0 Å². The summed E-state index contributed by atoms with van der Waals surface area (Å²) >= 11 is 0. The fraction of sp³-hybridized carbons (Fsp3) is 0.579. The number of nitriles is 1. The van der Waals surface area contributed by atoms with Crippen molar-refractivity contribution < 1.29 is 22.8 Å². The Morgan fingerprint density at radius 2 is 2.03 bits per heavy atom. The summed E-state index contributed by atoms with van der Waals surface area (Å²) in [5.74, 6) is -0.713. The number of anilines is 1. The van der Waals surface area contributed by atoms with Crippen LogP contribution in [0.4, 0.5) is 18.9 Å². The molecule has 10 heteroatoms. The highest BCUT2D eigenvalue weighted by atomic mass is 19.4. The number of fused-ring (bicyclic) bond motifs is 1. The van der Waals surface area contributed by atoms with Crippen LogP contribution in [0.25, 0.3) is 0 Å². The highest BCUT2D eigenvalue weighted by Gasteiger charge is 2.34. The molecule has 1 amide bonds. The van der Waals surface area contributed by atoms with Crippen molar-refractivity contribution >= 4 is 17.4 Å². The van der Waals surface area contributed by atoms with Crippen LogP contribution in [0.15, 0.2) is 16.9 Å². The Morgan fingerprint density at radius 1 is 1.28 bits per heavy atom. The smallest absolute Gasteiger partial charge is 0.372 e. The number of hydrogen-bond acceptors (Lipinski definition) is 5. The van der Waals surface area contributed by atoms with Gasteiger partial charge in [-0.25, -0.2) is 0 Å². The molecule has 1 saturated carbocycles. The fourth-order valence-electron chi connectivity index (χ4n) is 3.96. The van der Waals surface area contributed by atoms with Gasteiger partial charge in [-0.3, -0.25) is 19.0 Å². The second kappa shape index (κ2) is 8.27. The van der Waals surface area contributed by atoms with Crippen LogP contribution in [-0.2, 0) is 16.0 Å². The van der Waals surface area contributed by atoms with Crippen LogP contribution in [0.1, 0.15) is 43.8 Å². The molecule has 7 nitrogen and oxygen atoms in total. The minimum absolute atomic E-state index is 0.0855. The van der Waals surface area contributed by atoms with Gasteiger partial charge in [-0.1, -0.05) is 0 Å². The minimum atomic E-state index is -4.48. The van der Waals surface area contributed by atoms with Crippen LogP contribution < -0.4 is 16.2 Å². The molecule has 2 N–H and O–H groups in total. The van der Waals surface area contributed by atoms with Crippen LogP contribution in [0.3, 0.4) is 0 Å². The number of nitrogens with one attached hydrogen (secondary N) is 2. The molecule has 0 spiro atoms. The number of halogens is 3.